The van der Waals surface area contributed by atoms with Gasteiger partial charge >= 0.3 is 0 Å². The minimum Gasteiger partial charge on any atom is -0.354 e. The fraction of sp³-hybridized carbons (Fsp3) is 0.278. The van der Waals surface area contributed by atoms with Crippen LogP contribution in [0, 0.1) is 19.7 Å². The molecule has 0 aliphatic rings. The van der Waals surface area contributed by atoms with E-state index in [2.05, 4.69) is 5.32 Å². The fourth-order valence-electron chi connectivity index (χ4n) is 5.07. The van der Waals surface area contributed by atoms with Gasteiger partial charge in [0.25, 0.3) is 10.0 Å². The Balaban J connectivity index is 1.83. The minimum atomic E-state index is -4.29. The molecule has 1 atom stereocenters. The van der Waals surface area contributed by atoms with Crippen LogP contribution in [0.1, 0.15) is 42.0 Å². The molecule has 46 heavy (non-hydrogen) atoms. The van der Waals surface area contributed by atoms with Crippen molar-refractivity contribution in [2.75, 3.05) is 17.4 Å². The van der Waals surface area contributed by atoms with E-state index in [0.717, 1.165) is 28.3 Å². The molecular formula is C36H39ClFN3O4S. The van der Waals surface area contributed by atoms with Gasteiger partial charge in [-0.05, 0) is 61.7 Å². The van der Waals surface area contributed by atoms with E-state index < -0.39 is 40.2 Å². The Hall–Kier alpha value is -4.21. The summed E-state index contributed by atoms with van der Waals surface area (Å²) in [6.07, 6.45) is 1.73. The first-order chi connectivity index (χ1) is 22.0. The fourth-order valence-corrected chi connectivity index (χ4v) is 6.71. The number of carbonyl (C=O) groups is 2. The van der Waals surface area contributed by atoms with Gasteiger partial charge in [0.15, 0.2) is 0 Å². The summed E-state index contributed by atoms with van der Waals surface area (Å²) in [5, 5.41) is 3.22. The molecule has 0 saturated carbocycles. The summed E-state index contributed by atoms with van der Waals surface area (Å²) < 4.78 is 44.5. The van der Waals surface area contributed by atoms with Crippen molar-refractivity contribution in [2.45, 2.75) is 57.5 Å². The molecule has 0 bridgehead atoms. The summed E-state index contributed by atoms with van der Waals surface area (Å²) in [7, 11) is -4.29. The summed E-state index contributed by atoms with van der Waals surface area (Å²) in [6, 6.07) is 25.3. The molecule has 4 aromatic rings. The lowest BCUT2D eigenvalue weighted by Crippen LogP contribution is -2.53. The predicted octanol–water partition coefficient (Wildman–Crippen LogP) is 6.85. The maximum Gasteiger partial charge on any atom is 0.264 e. The molecule has 1 N–H and O–H groups in total. The Morgan fingerprint density at radius 2 is 1.59 bits per heavy atom. The number of nitrogens with one attached hydrogen (secondary N) is 1. The van der Waals surface area contributed by atoms with Crippen LogP contribution in [-0.2, 0) is 32.6 Å². The second-order valence-corrected chi connectivity index (χ2v) is 13.5. The van der Waals surface area contributed by atoms with Gasteiger partial charge in [-0.2, -0.15) is 0 Å². The van der Waals surface area contributed by atoms with E-state index in [4.69, 9.17) is 11.6 Å². The van der Waals surface area contributed by atoms with Crippen molar-refractivity contribution in [3.63, 3.8) is 0 Å². The average molecular weight is 664 g/mol. The van der Waals surface area contributed by atoms with Crippen molar-refractivity contribution in [1.82, 2.24) is 10.2 Å². The van der Waals surface area contributed by atoms with E-state index in [-0.39, 0.29) is 34.1 Å². The van der Waals surface area contributed by atoms with Crippen LogP contribution >= 0.6 is 11.6 Å². The van der Waals surface area contributed by atoms with Crippen molar-refractivity contribution in [2.24, 2.45) is 0 Å². The number of rotatable bonds is 14. The zero-order chi connectivity index (χ0) is 33.3. The van der Waals surface area contributed by atoms with Crippen LogP contribution in [0.4, 0.5) is 10.1 Å². The van der Waals surface area contributed by atoms with Crippen molar-refractivity contribution in [1.29, 1.82) is 0 Å². The normalized spacial score (nSPS) is 11.9. The number of benzene rings is 4. The smallest absolute Gasteiger partial charge is 0.264 e. The second kappa shape index (κ2) is 15.9. The standard InChI is InChI=1S/C36H39ClFN3O4S/c1-4-5-21-39-36(43)34(22-28-11-7-6-8-12-28)40(24-29-13-9-10-14-32(29)38)35(42)25-41(33-23-30(37)18-17-27(33)3)46(44,45)31-19-15-26(2)16-20-31/h6-20,23,34H,4-5,21-22,24-25H2,1-3H3,(H,39,43)/t34-/m0/s1. The van der Waals surface area contributed by atoms with E-state index >= 15 is 4.39 Å². The number of carbonyl (C=O) groups excluding carboxylic acids is 2. The second-order valence-electron chi connectivity index (χ2n) is 11.2. The molecule has 0 aromatic heterocycles. The number of halogens is 2. The molecule has 0 radical (unpaired) electrons. The van der Waals surface area contributed by atoms with Gasteiger partial charge < -0.3 is 10.2 Å². The molecule has 0 spiro atoms. The third-order valence-electron chi connectivity index (χ3n) is 7.73. The highest BCUT2D eigenvalue weighted by molar-refractivity contribution is 7.92. The Morgan fingerprint density at radius 1 is 0.913 bits per heavy atom. The Kier molecular flexibility index (Phi) is 12.0. The van der Waals surface area contributed by atoms with E-state index in [1.54, 1.807) is 49.4 Å². The SMILES string of the molecule is CCCCNC(=O)[C@H](Cc1ccccc1)N(Cc1ccccc1F)C(=O)CN(c1cc(Cl)ccc1C)S(=O)(=O)c1ccc(C)cc1. The van der Waals surface area contributed by atoms with Gasteiger partial charge in [0.2, 0.25) is 11.8 Å². The Bertz CT molecular complexity index is 1750. The van der Waals surface area contributed by atoms with E-state index in [1.165, 1.54) is 29.2 Å². The third-order valence-corrected chi connectivity index (χ3v) is 9.74. The Labute approximate surface area is 276 Å². The lowest BCUT2D eigenvalue weighted by atomic mass is 10.0. The molecule has 0 heterocycles. The molecule has 0 aliphatic heterocycles. The number of sulfonamides is 1. The largest absolute Gasteiger partial charge is 0.354 e. The number of unbranched alkanes of at least 4 members (excludes halogenated alkanes) is 1. The van der Waals surface area contributed by atoms with Gasteiger partial charge in [-0.1, -0.05) is 97.2 Å². The van der Waals surface area contributed by atoms with Gasteiger partial charge in [-0.25, -0.2) is 12.8 Å². The van der Waals surface area contributed by atoms with Gasteiger partial charge in [0, 0.05) is 30.1 Å². The van der Waals surface area contributed by atoms with E-state index in [9.17, 15) is 18.0 Å². The molecule has 4 aromatic carbocycles. The van der Waals surface area contributed by atoms with Crippen LogP contribution in [0.25, 0.3) is 0 Å². The third kappa shape index (κ3) is 8.73. The topological polar surface area (TPSA) is 86.8 Å². The quantitative estimate of drug-likeness (QED) is 0.150. The van der Waals surface area contributed by atoms with Crippen molar-refractivity contribution in [3.05, 3.63) is 130 Å². The van der Waals surface area contributed by atoms with Crippen molar-refractivity contribution < 1.29 is 22.4 Å². The van der Waals surface area contributed by atoms with Crippen LogP contribution in [0.3, 0.4) is 0 Å². The van der Waals surface area contributed by atoms with Gasteiger partial charge in [-0.3, -0.25) is 13.9 Å². The zero-order valence-electron chi connectivity index (χ0n) is 26.2. The van der Waals surface area contributed by atoms with Crippen LogP contribution in [0.15, 0.2) is 102 Å². The van der Waals surface area contributed by atoms with Gasteiger partial charge in [-0.15, -0.1) is 0 Å². The van der Waals surface area contributed by atoms with Crippen molar-refractivity contribution >= 4 is 39.1 Å². The maximum atomic E-state index is 15.1. The monoisotopic (exact) mass is 663 g/mol. The molecule has 10 heteroatoms. The molecule has 242 valence electrons. The average Bonchev–Trinajstić information content (AvgIpc) is 3.04. The number of hydrogen-bond donors (Lipinski definition) is 1. The van der Waals surface area contributed by atoms with Crippen LogP contribution < -0.4 is 9.62 Å². The highest BCUT2D eigenvalue weighted by Gasteiger charge is 2.35. The Morgan fingerprint density at radius 3 is 2.26 bits per heavy atom. The first-order valence-corrected chi connectivity index (χ1v) is 17.0. The number of aryl methyl sites for hydroxylation is 2. The first-order valence-electron chi connectivity index (χ1n) is 15.2. The lowest BCUT2D eigenvalue weighted by molar-refractivity contribution is -0.140. The van der Waals surface area contributed by atoms with E-state index in [1.807, 2.05) is 44.2 Å². The molecule has 0 saturated heterocycles. The molecule has 2 amide bonds. The van der Waals surface area contributed by atoms with E-state index in [0.29, 0.717) is 12.1 Å². The summed E-state index contributed by atoms with van der Waals surface area (Å²) in [4.78, 5) is 29.6. The summed E-state index contributed by atoms with van der Waals surface area (Å²) in [5.74, 6) is -1.63. The van der Waals surface area contributed by atoms with Crippen LogP contribution in [0.2, 0.25) is 5.02 Å². The van der Waals surface area contributed by atoms with Crippen LogP contribution in [0.5, 0.6) is 0 Å². The predicted molar refractivity (Wildman–Crippen MR) is 181 cm³/mol. The molecule has 4 rings (SSSR count). The molecular weight excluding hydrogens is 625 g/mol. The first kappa shape index (κ1) is 34.7. The number of amides is 2. The van der Waals surface area contributed by atoms with Crippen LogP contribution in [-0.4, -0.2) is 44.3 Å². The number of anilines is 1. The zero-order valence-corrected chi connectivity index (χ0v) is 27.8. The minimum absolute atomic E-state index is 0.0101. The maximum absolute atomic E-state index is 15.1. The van der Waals surface area contributed by atoms with Crippen molar-refractivity contribution in [3.8, 4) is 0 Å². The number of hydrogen-bond acceptors (Lipinski definition) is 4. The molecule has 0 aliphatic carbocycles. The van der Waals surface area contributed by atoms with Gasteiger partial charge in [0.1, 0.15) is 18.4 Å². The molecule has 0 unspecified atom stereocenters. The summed E-state index contributed by atoms with van der Waals surface area (Å²) in [6.45, 7) is 5.07. The lowest BCUT2D eigenvalue weighted by Gasteiger charge is -2.34. The highest BCUT2D eigenvalue weighted by atomic mass is 35.5. The molecule has 0 fully saturated rings. The number of nitrogens with zero attached hydrogens (tertiary/aromatic N) is 2. The summed E-state index contributed by atoms with van der Waals surface area (Å²) in [5.41, 5.74) is 2.65. The highest BCUT2D eigenvalue weighted by Crippen LogP contribution is 2.30. The summed E-state index contributed by atoms with van der Waals surface area (Å²) >= 11 is 6.33. The van der Waals surface area contributed by atoms with Gasteiger partial charge in [0.05, 0.1) is 10.6 Å². The molecule has 7 nitrogen and oxygen atoms in total.